The lowest BCUT2D eigenvalue weighted by Crippen LogP contribution is -2.33. The van der Waals surface area contributed by atoms with Crippen LogP contribution >= 0.6 is 15.9 Å². The molecule has 0 saturated carbocycles. The molecule has 6 heteroatoms. The largest absolute Gasteiger partial charge is 0.497 e. The first-order chi connectivity index (χ1) is 6.60. The number of aldehydes is 1. The van der Waals surface area contributed by atoms with Crippen molar-refractivity contribution in [3.8, 4) is 5.75 Å². The number of carbonyl (C=O) groups is 1. The van der Waals surface area contributed by atoms with Crippen molar-refractivity contribution in [2.24, 2.45) is 0 Å². The molecule has 0 aliphatic carbocycles. The van der Waals surface area contributed by atoms with E-state index in [2.05, 4.69) is 15.9 Å². The van der Waals surface area contributed by atoms with Crippen molar-refractivity contribution in [1.82, 2.24) is 0 Å². The van der Waals surface area contributed by atoms with Gasteiger partial charge in [-0.15, -0.1) is 0 Å². The van der Waals surface area contributed by atoms with Crippen LogP contribution < -0.4 is 10.2 Å². The molecule has 0 bridgehead atoms. The molecular weight excluding hydrogens is 251 g/mol. The van der Waals surface area contributed by atoms with Gasteiger partial charge in [0.05, 0.1) is 7.11 Å². The zero-order valence-corrected chi connectivity index (χ0v) is 8.98. The highest BCUT2D eigenvalue weighted by Gasteiger charge is 2.19. The second-order valence-corrected chi connectivity index (χ2v) is 3.46. The summed E-state index contributed by atoms with van der Waals surface area (Å²) in [6, 6.07) is 2.98. The molecule has 0 heterocycles. The fourth-order valence-electron chi connectivity index (χ4n) is 1.07. The summed E-state index contributed by atoms with van der Waals surface area (Å²) < 4.78 is 5.38. The average Bonchev–Trinajstić information content (AvgIpc) is 2.16. The van der Waals surface area contributed by atoms with Crippen LogP contribution in [0.5, 0.6) is 5.75 Å². The van der Waals surface area contributed by atoms with Gasteiger partial charge in [0, 0.05) is 10.0 Å². The molecule has 1 aromatic rings. The number of benzene rings is 1. The van der Waals surface area contributed by atoms with Crippen molar-refractivity contribution < 1.29 is 19.6 Å². The van der Waals surface area contributed by atoms with Gasteiger partial charge >= 0.3 is 7.12 Å². The molecule has 0 atom stereocenters. The molecule has 0 radical (unpaired) electrons. The third-order valence-corrected chi connectivity index (χ3v) is 2.42. The third kappa shape index (κ3) is 2.15. The second-order valence-electron chi connectivity index (χ2n) is 2.60. The van der Waals surface area contributed by atoms with Crippen molar-refractivity contribution in [2.45, 2.75) is 0 Å². The Hall–Kier alpha value is -0.845. The van der Waals surface area contributed by atoms with Gasteiger partial charge in [-0.1, -0.05) is 0 Å². The van der Waals surface area contributed by atoms with Crippen LogP contribution in [0.15, 0.2) is 16.6 Å². The molecule has 1 rings (SSSR count). The second kappa shape index (κ2) is 4.59. The van der Waals surface area contributed by atoms with Gasteiger partial charge in [-0.25, -0.2) is 0 Å². The summed E-state index contributed by atoms with van der Waals surface area (Å²) in [6.07, 6.45) is 0.554. The SMILES string of the molecule is COc1cc(Br)c(C=O)c(B(O)O)c1. The van der Waals surface area contributed by atoms with Crippen molar-refractivity contribution >= 4 is 34.8 Å². The minimum Gasteiger partial charge on any atom is -0.497 e. The molecule has 14 heavy (non-hydrogen) atoms. The topological polar surface area (TPSA) is 66.8 Å². The first-order valence-electron chi connectivity index (χ1n) is 3.79. The van der Waals surface area contributed by atoms with Crippen molar-refractivity contribution in [3.63, 3.8) is 0 Å². The number of methoxy groups -OCH3 is 1. The number of rotatable bonds is 3. The highest BCUT2D eigenvalue weighted by molar-refractivity contribution is 9.10. The van der Waals surface area contributed by atoms with Gasteiger partial charge in [0.1, 0.15) is 5.75 Å². The highest BCUT2D eigenvalue weighted by Crippen LogP contribution is 2.20. The molecule has 0 aliphatic heterocycles. The Kier molecular flexibility index (Phi) is 3.68. The summed E-state index contributed by atoms with van der Waals surface area (Å²) in [5.41, 5.74) is 0.326. The van der Waals surface area contributed by atoms with Crippen LogP contribution in [-0.4, -0.2) is 30.6 Å². The maximum atomic E-state index is 10.7. The third-order valence-electron chi connectivity index (χ3n) is 1.77. The van der Waals surface area contributed by atoms with Crippen LogP contribution in [0, 0.1) is 0 Å². The van der Waals surface area contributed by atoms with E-state index in [0.29, 0.717) is 16.5 Å². The van der Waals surface area contributed by atoms with Crippen LogP contribution in [0.25, 0.3) is 0 Å². The van der Waals surface area contributed by atoms with E-state index in [1.807, 2.05) is 0 Å². The molecule has 0 aromatic heterocycles. The van der Waals surface area contributed by atoms with E-state index in [-0.39, 0.29) is 11.0 Å². The monoisotopic (exact) mass is 258 g/mol. The molecular formula is C8H8BBrO4. The van der Waals surface area contributed by atoms with E-state index in [0.717, 1.165) is 0 Å². The number of ether oxygens (including phenoxy) is 1. The Morgan fingerprint density at radius 3 is 2.57 bits per heavy atom. The van der Waals surface area contributed by atoms with E-state index >= 15 is 0 Å². The molecule has 0 unspecified atom stereocenters. The molecule has 0 amide bonds. The molecule has 0 saturated heterocycles. The number of halogens is 1. The lowest BCUT2D eigenvalue weighted by Gasteiger charge is -2.08. The van der Waals surface area contributed by atoms with E-state index in [4.69, 9.17) is 14.8 Å². The lowest BCUT2D eigenvalue weighted by molar-refractivity contribution is 0.112. The van der Waals surface area contributed by atoms with Gasteiger partial charge < -0.3 is 14.8 Å². The van der Waals surface area contributed by atoms with E-state index in [1.165, 1.54) is 13.2 Å². The highest BCUT2D eigenvalue weighted by atomic mass is 79.9. The average molecular weight is 259 g/mol. The van der Waals surface area contributed by atoms with Gasteiger partial charge in [0.15, 0.2) is 6.29 Å². The van der Waals surface area contributed by atoms with Gasteiger partial charge in [-0.3, -0.25) is 4.79 Å². The minimum absolute atomic E-state index is 0.117. The molecule has 0 spiro atoms. The van der Waals surface area contributed by atoms with Crippen LogP contribution in [0.3, 0.4) is 0 Å². The number of hydrogen-bond donors (Lipinski definition) is 2. The van der Waals surface area contributed by atoms with Crippen LogP contribution in [0.1, 0.15) is 10.4 Å². The normalized spacial score (nSPS) is 9.71. The van der Waals surface area contributed by atoms with Crippen molar-refractivity contribution in [2.75, 3.05) is 7.11 Å². The van der Waals surface area contributed by atoms with Gasteiger partial charge in [-0.05, 0) is 33.5 Å². The molecule has 4 nitrogen and oxygen atoms in total. The first-order valence-corrected chi connectivity index (χ1v) is 4.58. The Bertz CT molecular complexity index is 353. The molecule has 0 fully saturated rings. The Balaban J connectivity index is 3.35. The maximum absolute atomic E-state index is 10.7. The predicted octanol–water partition coefficient (Wildman–Crippen LogP) is -0.0500. The number of carbonyl (C=O) groups excluding carboxylic acids is 1. The summed E-state index contributed by atoms with van der Waals surface area (Å²) in [4.78, 5) is 10.7. The Labute approximate surface area is 89.8 Å². The lowest BCUT2D eigenvalue weighted by atomic mass is 9.77. The van der Waals surface area contributed by atoms with E-state index in [9.17, 15) is 4.79 Å². The number of hydrogen-bond acceptors (Lipinski definition) is 4. The van der Waals surface area contributed by atoms with E-state index < -0.39 is 7.12 Å². The molecule has 1 aromatic carbocycles. The maximum Gasteiger partial charge on any atom is 0.489 e. The first kappa shape index (κ1) is 11.2. The van der Waals surface area contributed by atoms with Gasteiger partial charge in [0.25, 0.3) is 0 Å². The minimum atomic E-state index is -1.69. The molecule has 0 aliphatic rings. The summed E-state index contributed by atoms with van der Waals surface area (Å²) in [5.74, 6) is 0.450. The summed E-state index contributed by atoms with van der Waals surface area (Å²) in [6.45, 7) is 0. The standard InChI is InChI=1S/C8H8BBrO4/c1-14-5-2-7(9(12)13)6(4-11)8(10)3-5/h2-4,12-13H,1H3. The molecule has 2 N–H and O–H groups in total. The van der Waals surface area contributed by atoms with Gasteiger partial charge in [-0.2, -0.15) is 0 Å². The van der Waals surface area contributed by atoms with Crippen molar-refractivity contribution in [3.05, 3.63) is 22.2 Å². The Morgan fingerprint density at radius 2 is 2.14 bits per heavy atom. The Morgan fingerprint density at radius 1 is 1.50 bits per heavy atom. The van der Waals surface area contributed by atoms with Crippen LogP contribution in [0.4, 0.5) is 0 Å². The van der Waals surface area contributed by atoms with Crippen LogP contribution in [-0.2, 0) is 0 Å². The zero-order valence-electron chi connectivity index (χ0n) is 7.40. The fourth-order valence-corrected chi connectivity index (χ4v) is 1.62. The summed E-state index contributed by atoms with van der Waals surface area (Å²) in [7, 11) is -0.239. The van der Waals surface area contributed by atoms with Gasteiger partial charge in [0.2, 0.25) is 0 Å². The summed E-state index contributed by atoms with van der Waals surface area (Å²) >= 11 is 3.13. The van der Waals surface area contributed by atoms with E-state index in [1.54, 1.807) is 6.07 Å². The predicted molar refractivity (Wildman–Crippen MR) is 55.9 cm³/mol. The molecule has 74 valence electrons. The fraction of sp³-hybridized carbons (Fsp3) is 0.125. The quantitative estimate of drug-likeness (QED) is 0.590. The summed E-state index contributed by atoms with van der Waals surface area (Å²) in [5, 5.41) is 18.0. The smallest absolute Gasteiger partial charge is 0.489 e. The zero-order chi connectivity index (χ0) is 10.7. The van der Waals surface area contributed by atoms with Crippen LogP contribution in [0.2, 0.25) is 0 Å². The van der Waals surface area contributed by atoms with Crippen molar-refractivity contribution in [1.29, 1.82) is 0 Å².